The van der Waals surface area contributed by atoms with Crippen LogP contribution >= 0.6 is 0 Å². The Labute approximate surface area is 139 Å². The minimum absolute atomic E-state index is 0.153. The van der Waals surface area contributed by atoms with Crippen LogP contribution in [0.25, 0.3) is 0 Å². The molecule has 2 aromatic carbocycles. The highest BCUT2D eigenvalue weighted by Crippen LogP contribution is 2.20. The first-order valence-electron chi connectivity index (χ1n) is 7.75. The first-order chi connectivity index (χ1) is 10.9. The van der Waals surface area contributed by atoms with Crippen molar-refractivity contribution < 1.29 is 8.42 Å². The molecule has 0 spiro atoms. The van der Waals surface area contributed by atoms with Crippen LogP contribution in [0.5, 0.6) is 0 Å². The summed E-state index contributed by atoms with van der Waals surface area (Å²) in [7, 11) is -1.54. The standard InChI is InChI=1S/C18H24N2O2S/c1-15(17-10-12-18(13-11-17)23(19,21)22)20(2)14-6-9-16-7-4-3-5-8-16/h3-5,7-8,10-13,15H,6,9,14H2,1-2H3,(H2,19,21,22)/t15-/m1/s1. The third-order valence-corrected chi connectivity index (χ3v) is 5.10. The molecular weight excluding hydrogens is 308 g/mol. The number of hydrogen-bond donors (Lipinski definition) is 1. The van der Waals surface area contributed by atoms with Gasteiger partial charge in [-0.2, -0.15) is 0 Å². The highest BCUT2D eigenvalue weighted by Gasteiger charge is 2.13. The second-order valence-electron chi connectivity index (χ2n) is 5.86. The summed E-state index contributed by atoms with van der Waals surface area (Å²) in [5.41, 5.74) is 2.44. The molecule has 5 heteroatoms. The van der Waals surface area contributed by atoms with Crippen LogP contribution in [0.2, 0.25) is 0 Å². The molecule has 0 aliphatic carbocycles. The van der Waals surface area contributed by atoms with Gasteiger partial charge in [-0.05, 0) is 56.6 Å². The zero-order valence-corrected chi connectivity index (χ0v) is 14.5. The van der Waals surface area contributed by atoms with Gasteiger partial charge < -0.3 is 0 Å². The van der Waals surface area contributed by atoms with Crippen molar-refractivity contribution in [3.05, 3.63) is 65.7 Å². The van der Waals surface area contributed by atoms with Gasteiger partial charge in [-0.25, -0.2) is 13.6 Å². The Kier molecular flexibility index (Phi) is 5.93. The highest BCUT2D eigenvalue weighted by atomic mass is 32.2. The number of benzene rings is 2. The van der Waals surface area contributed by atoms with Crippen LogP contribution in [0.3, 0.4) is 0 Å². The summed E-state index contributed by atoms with van der Waals surface area (Å²) in [6, 6.07) is 17.5. The van der Waals surface area contributed by atoms with Gasteiger partial charge in [0, 0.05) is 6.04 Å². The highest BCUT2D eigenvalue weighted by molar-refractivity contribution is 7.89. The SMILES string of the molecule is C[C@H](c1ccc(S(N)(=O)=O)cc1)N(C)CCCc1ccccc1. The Morgan fingerprint density at radius 2 is 1.65 bits per heavy atom. The maximum Gasteiger partial charge on any atom is 0.238 e. The van der Waals surface area contributed by atoms with Crippen molar-refractivity contribution in [1.29, 1.82) is 0 Å². The second kappa shape index (κ2) is 7.73. The van der Waals surface area contributed by atoms with E-state index in [0.29, 0.717) is 0 Å². The average molecular weight is 332 g/mol. The molecule has 23 heavy (non-hydrogen) atoms. The summed E-state index contributed by atoms with van der Waals surface area (Å²) in [6.07, 6.45) is 2.14. The second-order valence-corrected chi connectivity index (χ2v) is 7.42. The Balaban J connectivity index is 1.90. The zero-order chi connectivity index (χ0) is 16.9. The maximum absolute atomic E-state index is 11.3. The first-order valence-corrected chi connectivity index (χ1v) is 9.29. The fourth-order valence-electron chi connectivity index (χ4n) is 2.56. The summed E-state index contributed by atoms with van der Waals surface area (Å²) < 4.78 is 22.6. The number of hydrogen-bond acceptors (Lipinski definition) is 3. The van der Waals surface area contributed by atoms with E-state index >= 15 is 0 Å². The van der Waals surface area contributed by atoms with Gasteiger partial charge in [0.1, 0.15) is 0 Å². The van der Waals surface area contributed by atoms with Gasteiger partial charge in [0.15, 0.2) is 0 Å². The van der Waals surface area contributed by atoms with E-state index < -0.39 is 10.0 Å². The van der Waals surface area contributed by atoms with E-state index in [0.717, 1.165) is 24.9 Å². The van der Waals surface area contributed by atoms with Crippen molar-refractivity contribution >= 4 is 10.0 Å². The van der Waals surface area contributed by atoms with Crippen LogP contribution in [0.1, 0.15) is 30.5 Å². The lowest BCUT2D eigenvalue weighted by Crippen LogP contribution is -2.24. The molecule has 0 aromatic heterocycles. The van der Waals surface area contributed by atoms with E-state index in [1.165, 1.54) is 5.56 Å². The number of rotatable bonds is 7. The monoisotopic (exact) mass is 332 g/mol. The van der Waals surface area contributed by atoms with Crippen molar-refractivity contribution in [1.82, 2.24) is 4.90 Å². The number of sulfonamides is 1. The molecule has 2 N–H and O–H groups in total. The van der Waals surface area contributed by atoms with E-state index in [2.05, 4.69) is 43.1 Å². The van der Waals surface area contributed by atoms with Gasteiger partial charge in [0.25, 0.3) is 0 Å². The molecule has 2 rings (SSSR count). The summed E-state index contributed by atoms with van der Waals surface area (Å²) in [5.74, 6) is 0. The Morgan fingerprint density at radius 1 is 1.04 bits per heavy atom. The lowest BCUT2D eigenvalue weighted by Gasteiger charge is -2.25. The molecular formula is C18H24N2O2S. The Morgan fingerprint density at radius 3 is 2.22 bits per heavy atom. The molecule has 1 atom stereocenters. The molecule has 0 saturated heterocycles. The molecule has 0 aliphatic rings. The Hall–Kier alpha value is -1.69. The molecule has 0 amide bonds. The minimum Gasteiger partial charge on any atom is -0.300 e. The van der Waals surface area contributed by atoms with Crippen LogP contribution in [-0.4, -0.2) is 26.9 Å². The maximum atomic E-state index is 11.3. The number of nitrogens with zero attached hydrogens (tertiary/aromatic N) is 1. The molecule has 0 bridgehead atoms. The average Bonchev–Trinajstić information content (AvgIpc) is 2.54. The zero-order valence-electron chi connectivity index (χ0n) is 13.6. The van der Waals surface area contributed by atoms with Crippen LogP contribution in [0.15, 0.2) is 59.5 Å². The van der Waals surface area contributed by atoms with Crippen LogP contribution in [-0.2, 0) is 16.4 Å². The molecule has 4 nitrogen and oxygen atoms in total. The van der Waals surface area contributed by atoms with E-state index in [1.54, 1.807) is 12.1 Å². The summed E-state index contributed by atoms with van der Waals surface area (Å²) in [5, 5.41) is 5.13. The number of nitrogens with two attached hydrogens (primary N) is 1. The fraction of sp³-hybridized carbons (Fsp3) is 0.333. The fourth-order valence-corrected chi connectivity index (χ4v) is 3.08. The van der Waals surface area contributed by atoms with Crippen molar-refractivity contribution in [2.45, 2.75) is 30.7 Å². The number of aryl methyl sites for hydroxylation is 1. The third kappa shape index (κ3) is 5.16. The van der Waals surface area contributed by atoms with Gasteiger partial charge in [-0.3, -0.25) is 4.90 Å². The van der Waals surface area contributed by atoms with E-state index in [-0.39, 0.29) is 10.9 Å². The Bertz CT molecular complexity index is 712. The summed E-state index contributed by atoms with van der Waals surface area (Å²) >= 11 is 0. The molecule has 0 unspecified atom stereocenters. The smallest absolute Gasteiger partial charge is 0.238 e. The summed E-state index contributed by atoms with van der Waals surface area (Å²) in [4.78, 5) is 2.43. The molecule has 2 aromatic rings. The molecule has 124 valence electrons. The van der Waals surface area contributed by atoms with Crippen LogP contribution < -0.4 is 5.14 Å². The largest absolute Gasteiger partial charge is 0.300 e. The van der Waals surface area contributed by atoms with Crippen molar-refractivity contribution in [3.8, 4) is 0 Å². The van der Waals surface area contributed by atoms with E-state index in [4.69, 9.17) is 5.14 Å². The van der Waals surface area contributed by atoms with Crippen LogP contribution in [0.4, 0.5) is 0 Å². The lowest BCUT2D eigenvalue weighted by molar-refractivity contribution is 0.258. The molecule has 0 heterocycles. The van der Waals surface area contributed by atoms with Crippen molar-refractivity contribution in [3.63, 3.8) is 0 Å². The van der Waals surface area contributed by atoms with Gasteiger partial charge in [0.2, 0.25) is 10.0 Å². The topological polar surface area (TPSA) is 63.4 Å². The predicted molar refractivity (Wildman–Crippen MR) is 93.6 cm³/mol. The molecule has 0 fully saturated rings. The van der Waals surface area contributed by atoms with Crippen molar-refractivity contribution in [2.24, 2.45) is 5.14 Å². The van der Waals surface area contributed by atoms with Gasteiger partial charge >= 0.3 is 0 Å². The van der Waals surface area contributed by atoms with Gasteiger partial charge in [0.05, 0.1) is 4.90 Å². The summed E-state index contributed by atoms with van der Waals surface area (Å²) in [6.45, 7) is 3.10. The quantitative estimate of drug-likeness (QED) is 0.848. The van der Waals surface area contributed by atoms with Gasteiger partial charge in [-0.1, -0.05) is 42.5 Å². The van der Waals surface area contributed by atoms with Crippen LogP contribution in [0, 0.1) is 0 Å². The van der Waals surface area contributed by atoms with Gasteiger partial charge in [-0.15, -0.1) is 0 Å². The lowest BCUT2D eigenvalue weighted by atomic mass is 10.1. The molecule has 0 aliphatic heterocycles. The number of primary sulfonamides is 1. The first kappa shape index (κ1) is 17.7. The molecule has 0 radical (unpaired) electrons. The van der Waals surface area contributed by atoms with E-state index in [9.17, 15) is 8.42 Å². The van der Waals surface area contributed by atoms with E-state index in [1.807, 2.05) is 18.2 Å². The predicted octanol–water partition coefficient (Wildman–Crippen LogP) is 2.96. The minimum atomic E-state index is -3.62. The molecule has 0 saturated carbocycles. The van der Waals surface area contributed by atoms with Crippen molar-refractivity contribution in [2.75, 3.05) is 13.6 Å². The normalized spacial score (nSPS) is 13.2. The third-order valence-electron chi connectivity index (χ3n) is 4.17.